The van der Waals surface area contributed by atoms with E-state index in [4.69, 9.17) is 0 Å². The topological polar surface area (TPSA) is 15.3 Å². The van der Waals surface area contributed by atoms with E-state index >= 15 is 0 Å². The van der Waals surface area contributed by atoms with Crippen LogP contribution < -0.4 is 10.2 Å². The van der Waals surface area contributed by atoms with Crippen LogP contribution in [0.4, 0.5) is 5.69 Å². The van der Waals surface area contributed by atoms with Gasteiger partial charge in [0.2, 0.25) is 0 Å². The van der Waals surface area contributed by atoms with Crippen LogP contribution in [0.2, 0.25) is 0 Å². The summed E-state index contributed by atoms with van der Waals surface area (Å²) in [6.45, 7) is 14.7. The molecule has 1 aromatic rings. The van der Waals surface area contributed by atoms with Gasteiger partial charge in [-0.1, -0.05) is 31.2 Å². The standard InChI is InChI=1S/C17H28N2/c1-6-12-18-15(5)16-10-8-9-11-17(16)19(13-7-2)14(3)4/h7-11,14-15,18H,2,6,12-13H2,1,3-5H3. The van der Waals surface area contributed by atoms with Gasteiger partial charge in [0.1, 0.15) is 0 Å². The molecule has 0 heterocycles. The summed E-state index contributed by atoms with van der Waals surface area (Å²) in [4.78, 5) is 2.40. The Balaban J connectivity index is 3.01. The molecule has 2 heteroatoms. The van der Waals surface area contributed by atoms with Gasteiger partial charge in [0.05, 0.1) is 0 Å². The second kappa shape index (κ2) is 8.00. The fourth-order valence-corrected chi connectivity index (χ4v) is 2.31. The summed E-state index contributed by atoms with van der Waals surface area (Å²) in [5.41, 5.74) is 2.68. The van der Waals surface area contributed by atoms with E-state index in [1.807, 2.05) is 6.08 Å². The van der Waals surface area contributed by atoms with Crippen molar-refractivity contribution in [3.05, 3.63) is 42.5 Å². The zero-order valence-corrected chi connectivity index (χ0v) is 12.8. The first-order valence-corrected chi connectivity index (χ1v) is 7.31. The summed E-state index contributed by atoms with van der Waals surface area (Å²) in [5, 5.41) is 3.57. The Labute approximate surface area is 118 Å². The SMILES string of the molecule is C=CCN(c1ccccc1C(C)NCCC)C(C)C. The minimum atomic E-state index is 0.377. The molecule has 1 unspecified atom stereocenters. The molecule has 0 aromatic heterocycles. The summed E-state index contributed by atoms with van der Waals surface area (Å²) in [7, 11) is 0. The van der Waals surface area contributed by atoms with E-state index in [0.29, 0.717) is 12.1 Å². The van der Waals surface area contributed by atoms with Gasteiger partial charge in [0, 0.05) is 24.3 Å². The third kappa shape index (κ3) is 4.39. The molecule has 0 bridgehead atoms. The van der Waals surface area contributed by atoms with E-state index in [1.165, 1.54) is 11.3 Å². The average molecular weight is 260 g/mol. The van der Waals surface area contributed by atoms with Crippen LogP contribution in [0, 0.1) is 0 Å². The predicted octanol–water partition coefficient (Wildman–Crippen LogP) is 4.15. The summed E-state index contributed by atoms with van der Waals surface area (Å²) >= 11 is 0. The van der Waals surface area contributed by atoms with Gasteiger partial charge in [0.25, 0.3) is 0 Å². The lowest BCUT2D eigenvalue weighted by molar-refractivity contribution is 0.567. The number of hydrogen-bond acceptors (Lipinski definition) is 2. The Morgan fingerprint density at radius 3 is 2.53 bits per heavy atom. The Bertz CT molecular complexity index is 385. The Kier molecular flexibility index (Phi) is 6.65. The number of anilines is 1. The zero-order chi connectivity index (χ0) is 14.3. The molecule has 1 atom stereocenters. The van der Waals surface area contributed by atoms with Gasteiger partial charge >= 0.3 is 0 Å². The third-order valence-corrected chi connectivity index (χ3v) is 3.36. The second-order valence-electron chi connectivity index (χ2n) is 5.27. The first kappa shape index (κ1) is 15.8. The third-order valence-electron chi connectivity index (χ3n) is 3.36. The van der Waals surface area contributed by atoms with Crippen LogP contribution in [0.25, 0.3) is 0 Å². The Morgan fingerprint density at radius 1 is 1.26 bits per heavy atom. The number of rotatable bonds is 8. The van der Waals surface area contributed by atoms with Crippen LogP contribution in [0.3, 0.4) is 0 Å². The van der Waals surface area contributed by atoms with Crippen molar-refractivity contribution in [2.24, 2.45) is 0 Å². The van der Waals surface area contributed by atoms with Gasteiger partial charge in [-0.05, 0) is 45.4 Å². The molecule has 0 spiro atoms. The van der Waals surface area contributed by atoms with Crippen molar-refractivity contribution < 1.29 is 0 Å². The lowest BCUT2D eigenvalue weighted by Gasteiger charge is -2.31. The first-order valence-electron chi connectivity index (χ1n) is 7.31. The molecule has 106 valence electrons. The molecule has 2 nitrogen and oxygen atoms in total. The van der Waals surface area contributed by atoms with Crippen molar-refractivity contribution >= 4 is 5.69 Å². The molecule has 0 fully saturated rings. The predicted molar refractivity (Wildman–Crippen MR) is 85.8 cm³/mol. The fraction of sp³-hybridized carbons (Fsp3) is 0.529. The minimum absolute atomic E-state index is 0.377. The summed E-state index contributed by atoms with van der Waals surface area (Å²) in [6, 6.07) is 9.52. The van der Waals surface area contributed by atoms with Crippen LogP contribution in [-0.4, -0.2) is 19.1 Å². The molecular weight excluding hydrogens is 232 g/mol. The maximum Gasteiger partial charge on any atom is 0.0419 e. The quantitative estimate of drug-likeness (QED) is 0.706. The van der Waals surface area contributed by atoms with Gasteiger partial charge in [-0.3, -0.25) is 0 Å². The second-order valence-corrected chi connectivity index (χ2v) is 5.27. The molecular formula is C17H28N2. The maximum atomic E-state index is 3.88. The summed E-state index contributed by atoms with van der Waals surface area (Å²) < 4.78 is 0. The van der Waals surface area contributed by atoms with Gasteiger partial charge in [-0.25, -0.2) is 0 Å². The molecule has 0 aliphatic heterocycles. The monoisotopic (exact) mass is 260 g/mol. The Hall–Kier alpha value is -1.28. The van der Waals surface area contributed by atoms with Crippen molar-refractivity contribution in [2.75, 3.05) is 18.0 Å². The number of nitrogens with zero attached hydrogens (tertiary/aromatic N) is 1. The number of benzene rings is 1. The summed E-state index contributed by atoms with van der Waals surface area (Å²) in [6.07, 6.45) is 3.13. The molecule has 1 aromatic carbocycles. The number of nitrogens with one attached hydrogen (secondary N) is 1. The highest BCUT2D eigenvalue weighted by Gasteiger charge is 2.16. The van der Waals surface area contributed by atoms with Gasteiger partial charge in [-0.15, -0.1) is 6.58 Å². The zero-order valence-electron chi connectivity index (χ0n) is 12.8. The molecule has 0 aliphatic carbocycles. The summed E-state index contributed by atoms with van der Waals surface area (Å²) in [5.74, 6) is 0. The smallest absolute Gasteiger partial charge is 0.0419 e. The van der Waals surface area contributed by atoms with E-state index in [2.05, 4.69) is 68.8 Å². The fourth-order valence-electron chi connectivity index (χ4n) is 2.31. The highest BCUT2D eigenvalue weighted by Crippen LogP contribution is 2.27. The highest BCUT2D eigenvalue weighted by atomic mass is 15.2. The van der Waals surface area contributed by atoms with Gasteiger partial charge in [-0.2, -0.15) is 0 Å². The van der Waals surface area contributed by atoms with Crippen molar-refractivity contribution in [1.29, 1.82) is 0 Å². The van der Waals surface area contributed by atoms with E-state index in [9.17, 15) is 0 Å². The molecule has 0 saturated heterocycles. The van der Waals surface area contributed by atoms with Crippen LogP contribution >= 0.6 is 0 Å². The minimum Gasteiger partial charge on any atom is -0.365 e. The molecule has 1 rings (SSSR count). The van der Waals surface area contributed by atoms with Gasteiger partial charge in [0.15, 0.2) is 0 Å². The molecule has 0 aliphatic rings. The molecule has 0 radical (unpaired) electrons. The molecule has 0 amide bonds. The van der Waals surface area contributed by atoms with Crippen molar-refractivity contribution in [3.8, 4) is 0 Å². The number of para-hydroxylation sites is 1. The normalized spacial score (nSPS) is 12.5. The lowest BCUT2D eigenvalue weighted by atomic mass is 10.0. The lowest BCUT2D eigenvalue weighted by Crippen LogP contribution is -2.32. The van der Waals surface area contributed by atoms with Crippen molar-refractivity contribution in [3.63, 3.8) is 0 Å². The van der Waals surface area contributed by atoms with E-state index < -0.39 is 0 Å². The number of hydrogen-bond donors (Lipinski definition) is 1. The van der Waals surface area contributed by atoms with E-state index in [1.54, 1.807) is 0 Å². The van der Waals surface area contributed by atoms with E-state index in [-0.39, 0.29) is 0 Å². The first-order chi connectivity index (χ1) is 9.11. The van der Waals surface area contributed by atoms with Crippen LogP contribution in [-0.2, 0) is 0 Å². The largest absolute Gasteiger partial charge is 0.365 e. The molecule has 1 N–H and O–H groups in total. The van der Waals surface area contributed by atoms with Crippen molar-refractivity contribution in [1.82, 2.24) is 5.32 Å². The molecule has 0 saturated carbocycles. The van der Waals surface area contributed by atoms with Crippen LogP contribution in [0.5, 0.6) is 0 Å². The van der Waals surface area contributed by atoms with Gasteiger partial charge < -0.3 is 10.2 Å². The van der Waals surface area contributed by atoms with Crippen molar-refractivity contribution in [2.45, 2.75) is 46.2 Å². The molecule has 19 heavy (non-hydrogen) atoms. The maximum absolute atomic E-state index is 3.88. The van der Waals surface area contributed by atoms with Crippen LogP contribution in [0.15, 0.2) is 36.9 Å². The Morgan fingerprint density at radius 2 is 1.95 bits per heavy atom. The highest BCUT2D eigenvalue weighted by molar-refractivity contribution is 5.56. The average Bonchev–Trinajstić information content (AvgIpc) is 2.42. The van der Waals surface area contributed by atoms with Crippen LogP contribution in [0.1, 0.15) is 45.7 Å². The van der Waals surface area contributed by atoms with E-state index in [0.717, 1.165) is 19.5 Å².